The van der Waals surface area contributed by atoms with Crippen molar-refractivity contribution in [3.05, 3.63) is 120 Å². The van der Waals surface area contributed by atoms with Gasteiger partial charge in [0.05, 0.1) is 41.9 Å². The molecule has 0 bridgehead atoms. The monoisotopic (exact) mass is 686 g/mol. The Labute approximate surface area is 268 Å². The number of carbonyl (C=O) groups is 3. The number of anilines is 2. The fourth-order valence-corrected chi connectivity index (χ4v) is 6.07. The van der Waals surface area contributed by atoms with Gasteiger partial charge in [-0.1, -0.05) is 99.9 Å². The van der Waals surface area contributed by atoms with Gasteiger partial charge in [-0.15, -0.1) is 11.8 Å². The minimum absolute atomic E-state index is 0.246. The molecule has 0 aliphatic rings. The highest BCUT2D eigenvalue weighted by atomic mass is 35.5. The Morgan fingerprint density at radius 3 is 1.93 bits per heavy atom. The molecule has 0 spiro atoms. The Morgan fingerprint density at radius 1 is 0.707 bits per heavy atom. The summed E-state index contributed by atoms with van der Waals surface area (Å²) in [6, 6.07) is 20.5. The third-order valence-electron chi connectivity index (χ3n) is 5.60. The molecule has 0 radical (unpaired) electrons. The molecule has 41 heavy (non-hydrogen) atoms. The number of carbonyl (C=O) groups excluding carboxylic acids is 2. The lowest BCUT2D eigenvalue weighted by molar-refractivity contribution is -0.115. The Balaban J connectivity index is 1.57. The predicted molar refractivity (Wildman–Crippen MR) is 168 cm³/mol. The molecule has 6 nitrogen and oxygen atoms in total. The molecule has 3 N–H and O–H groups in total. The van der Waals surface area contributed by atoms with Gasteiger partial charge in [-0.25, -0.2) is 4.79 Å². The molecule has 4 rings (SSSR count). The molecule has 210 valence electrons. The van der Waals surface area contributed by atoms with E-state index in [0.717, 1.165) is 5.56 Å². The molecule has 0 fully saturated rings. The van der Waals surface area contributed by atoms with Crippen LogP contribution in [0.25, 0.3) is 0 Å². The van der Waals surface area contributed by atoms with Crippen molar-refractivity contribution < 1.29 is 19.5 Å². The fraction of sp³-hybridized carbons (Fsp3) is 0.0357. The van der Waals surface area contributed by atoms with E-state index >= 15 is 0 Å². The zero-order valence-electron chi connectivity index (χ0n) is 20.4. The van der Waals surface area contributed by atoms with E-state index in [2.05, 4.69) is 10.6 Å². The number of nitrogens with one attached hydrogen (secondary N) is 2. The molecule has 1 unspecified atom stereocenters. The van der Waals surface area contributed by atoms with Crippen LogP contribution in [0.15, 0.2) is 77.7 Å². The summed E-state index contributed by atoms with van der Waals surface area (Å²) in [5.74, 6) is -2.68. The molecular weight excluding hydrogens is 673 g/mol. The van der Waals surface area contributed by atoms with Crippen LogP contribution in [0.2, 0.25) is 30.1 Å². The normalized spacial score (nSPS) is 11.6. The van der Waals surface area contributed by atoms with Gasteiger partial charge in [0.25, 0.3) is 5.91 Å². The van der Waals surface area contributed by atoms with Crippen molar-refractivity contribution >= 4 is 111 Å². The Hall–Kier alpha value is -2.62. The molecule has 4 aromatic carbocycles. The number of amides is 2. The van der Waals surface area contributed by atoms with Crippen molar-refractivity contribution in [2.24, 2.45) is 0 Å². The number of thioether (sulfide) groups is 1. The maximum absolute atomic E-state index is 13.4. The van der Waals surface area contributed by atoms with Crippen LogP contribution in [-0.2, 0) is 4.79 Å². The lowest BCUT2D eigenvalue weighted by Crippen LogP contribution is -2.19. The number of carboxylic acids is 1. The maximum atomic E-state index is 13.4. The second kappa shape index (κ2) is 13.6. The molecule has 0 saturated carbocycles. The number of rotatable bonds is 8. The van der Waals surface area contributed by atoms with Crippen LogP contribution >= 0.6 is 81.4 Å². The molecule has 2 amide bonds. The van der Waals surface area contributed by atoms with Gasteiger partial charge in [-0.3, -0.25) is 9.59 Å². The first-order chi connectivity index (χ1) is 19.5. The second-order valence-corrected chi connectivity index (χ2v) is 11.8. The molecule has 1 atom stereocenters. The van der Waals surface area contributed by atoms with Crippen LogP contribution in [0, 0.1) is 0 Å². The van der Waals surface area contributed by atoms with Crippen molar-refractivity contribution in [3.63, 3.8) is 0 Å². The van der Waals surface area contributed by atoms with Gasteiger partial charge in [0, 0.05) is 15.6 Å². The number of halogens is 6. The number of hydrogen-bond acceptors (Lipinski definition) is 4. The van der Waals surface area contributed by atoms with Gasteiger partial charge in [0.2, 0.25) is 5.91 Å². The molecule has 13 heteroatoms. The predicted octanol–water partition coefficient (Wildman–Crippen LogP) is 10.0. The van der Waals surface area contributed by atoms with E-state index in [-0.39, 0.29) is 21.0 Å². The first-order valence-electron chi connectivity index (χ1n) is 11.5. The van der Waals surface area contributed by atoms with Crippen molar-refractivity contribution in [2.45, 2.75) is 10.1 Å². The van der Waals surface area contributed by atoms with E-state index in [4.69, 9.17) is 69.6 Å². The Morgan fingerprint density at radius 2 is 1.32 bits per heavy atom. The summed E-state index contributed by atoms with van der Waals surface area (Å²) in [5.41, 5.74) is 0.438. The molecule has 4 aromatic rings. The van der Waals surface area contributed by atoms with Gasteiger partial charge in [0.1, 0.15) is 5.25 Å². The smallest absolute Gasteiger partial charge is 0.338 e. The first kappa shape index (κ1) is 31.3. The zero-order valence-corrected chi connectivity index (χ0v) is 25.7. The summed E-state index contributed by atoms with van der Waals surface area (Å²) in [7, 11) is 0. The van der Waals surface area contributed by atoms with E-state index in [9.17, 15) is 19.5 Å². The lowest BCUT2D eigenvalue weighted by Gasteiger charge is -2.18. The first-order valence-corrected chi connectivity index (χ1v) is 14.6. The molecule has 0 aliphatic heterocycles. The summed E-state index contributed by atoms with van der Waals surface area (Å²) in [4.78, 5) is 38.9. The minimum atomic E-state index is -1.50. The second-order valence-electron chi connectivity index (χ2n) is 8.31. The van der Waals surface area contributed by atoms with Crippen molar-refractivity contribution in [1.82, 2.24) is 0 Å². The van der Waals surface area contributed by atoms with Crippen LogP contribution in [0.3, 0.4) is 0 Å². The summed E-state index contributed by atoms with van der Waals surface area (Å²) in [6.07, 6.45) is 0. The minimum Gasteiger partial charge on any atom is -0.478 e. The SMILES string of the molecule is O=C(O)c1c(Cl)c(Cl)c(Cl)c(Cl)c1C(=O)Nc1ccc(SC(C(=O)Nc2cc(Cl)ccc2Cl)c2ccccc2)cc1. The summed E-state index contributed by atoms with van der Waals surface area (Å²) in [6.45, 7) is 0. The van der Waals surface area contributed by atoms with E-state index < -0.39 is 33.3 Å². The fourth-order valence-electron chi connectivity index (χ4n) is 3.68. The average molecular weight is 689 g/mol. The molecule has 0 saturated heterocycles. The average Bonchev–Trinajstić information content (AvgIpc) is 2.95. The van der Waals surface area contributed by atoms with Crippen molar-refractivity contribution in [2.75, 3.05) is 10.6 Å². The standard InChI is InChI=1S/C28H16Cl6N2O4S/c29-14-6-11-17(30)18(12-14)36-27(38)25(13-4-2-1-3-5-13)41-16-9-7-15(8-10-16)35-26(37)19-20(28(39)40)22(32)24(34)23(33)21(19)31/h1-12,25H,(H,35,37)(H,36,38)(H,39,40). The van der Waals surface area contributed by atoms with Gasteiger partial charge < -0.3 is 15.7 Å². The molecule has 0 heterocycles. The molecular formula is C28H16Cl6N2O4S. The van der Waals surface area contributed by atoms with Crippen molar-refractivity contribution in [1.29, 1.82) is 0 Å². The van der Waals surface area contributed by atoms with Crippen LogP contribution in [0.1, 0.15) is 31.5 Å². The van der Waals surface area contributed by atoms with E-state index in [1.165, 1.54) is 11.8 Å². The van der Waals surface area contributed by atoms with Crippen LogP contribution in [-0.4, -0.2) is 22.9 Å². The highest BCUT2D eigenvalue weighted by molar-refractivity contribution is 8.00. The van der Waals surface area contributed by atoms with Crippen molar-refractivity contribution in [3.8, 4) is 0 Å². The quantitative estimate of drug-likeness (QED) is 0.0973. The van der Waals surface area contributed by atoms with Crippen LogP contribution in [0.4, 0.5) is 11.4 Å². The largest absolute Gasteiger partial charge is 0.478 e. The lowest BCUT2D eigenvalue weighted by atomic mass is 10.1. The summed E-state index contributed by atoms with van der Waals surface area (Å²) >= 11 is 37.8. The summed E-state index contributed by atoms with van der Waals surface area (Å²) < 4.78 is 0. The Kier molecular flexibility index (Phi) is 10.4. The molecule has 0 aliphatic carbocycles. The Bertz CT molecular complexity index is 1650. The van der Waals surface area contributed by atoms with Gasteiger partial charge in [-0.05, 0) is 48.0 Å². The van der Waals surface area contributed by atoms with Crippen LogP contribution < -0.4 is 10.6 Å². The molecule has 0 aromatic heterocycles. The van der Waals surface area contributed by atoms with Gasteiger partial charge in [-0.2, -0.15) is 0 Å². The summed E-state index contributed by atoms with van der Waals surface area (Å²) in [5, 5.41) is 13.8. The van der Waals surface area contributed by atoms with Gasteiger partial charge in [0.15, 0.2) is 0 Å². The number of carboxylic acid groups (broad SMARTS) is 1. The van der Waals surface area contributed by atoms with Crippen LogP contribution in [0.5, 0.6) is 0 Å². The third-order valence-corrected chi connectivity index (χ3v) is 9.23. The highest BCUT2D eigenvalue weighted by Crippen LogP contribution is 2.42. The zero-order chi connectivity index (χ0) is 29.8. The topological polar surface area (TPSA) is 95.5 Å². The number of aromatic carboxylic acids is 1. The van der Waals surface area contributed by atoms with E-state index in [1.54, 1.807) is 42.5 Å². The van der Waals surface area contributed by atoms with E-state index in [1.807, 2.05) is 30.3 Å². The number of benzene rings is 4. The van der Waals surface area contributed by atoms with E-state index in [0.29, 0.717) is 26.3 Å². The highest BCUT2D eigenvalue weighted by Gasteiger charge is 2.29. The number of hydrogen-bond donors (Lipinski definition) is 3. The third kappa shape index (κ3) is 7.24. The van der Waals surface area contributed by atoms with Gasteiger partial charge >= 0.3 is 5.97 Å². The maximum Gasteiger partial charge on any atom is 0.338 e.